The highest BCUT2D eigenvalue weighted by Crippen LogP contribution is 2.28. The highest BCUT2D eigenvalue weighted by molar-refractivity contribution is 5.74. The Morgan fingerprint density at radius 2 is 1.62 bits per heavy atom. The fraction of sp³-hybridized carbons (Fsp3) is 0.217. The summed E-state index contributed by atoms with van der Waals surface area (Å²) in [5, 5.41) is 8.43. The lowest BCUT2D eigenvalue weighted by Crippen LogP contribution is -2.10. The molecule has 0 aliphatic carbocycles. The van der Waals surface area contributed by atoms with Gasteiger partial charge in [-0.1, -0.05) is 63.8 Å². The molecule has 0 bridgehead atoms. The quantitative estimate of drug-likeness (QED) is 0.522. The second kappa shape index (κ2) is 7.12. The van der Waals surface area contributed by atoms with Crippen molar-refractivity contribution in [2.24, 2.45) is 0 Å². The summed E-state index contributed by atoms with van der Waals surface area (Å²) < 4.78 is 5.91. The van der Waals surface area contributed by atoms with Crippen molar-refractivity contribution >= 4 is 5.57 Å². The summed E-state index contributed by atoms with van der Waals surface area (Å²) in [6, 6.07) is 16.3. The van der Waals surface area contributed by atoms with Crippen LogP contribution in [0.4, 0.5) is 0 Å². The van der Waals surface area contributed by atoms with Crippen molar-refractivity contribution < 1.29 is 4.42 Å². The molecule has 3 heteroatoms. The van der Waals surface area contributed by atoms with E-state index in [2.05, 4.69) is 49.7 Å². The van der Waals surface area contributed by atoms with Crippen molar-refractivity contribution in [3.8, 4) is 22.9 Å². The Bertz CT molecular complexity index is 941. The SMILES string of the molecule is C=C(/C=C\C)c1cccc(-c2nnc(-c3ccc(C(C)(C)C)cc3)o2)c1. The Hall–Kier alpha value is -2.94. The number of hydrogen-bond donors (Lipinski definition) is 0. The van der Waals surface area contributed by atoms with Crippen LogP contribution >= 0.6 is 0 Å². The number of allylic oxidation sites excluding steroid dienone is 3. The monoisotopic (exact) mass is 344 g/mol. The molecule has 0 spiro atoms. The molecule has 0 aliphatic rings. The van der Waals surface area contributed by atoms with Crippen molar-refractivity contribution in [2.45, 2.75) is 33.1 Å². The van der Waals surface area contributed by atoms with Gasteiger partial charge in [0.05, 0.1) is 0 Å². The molecular weight excluding hydrogens is 320 g/mol. The van der Waals surface area contributed by atoms with Gasteiger partial charge < -0.3 is 4.42 Å². The maximum Gasteiger partial charge on any atom is 0.248 e. The molecule has 26 heavy (non-hydrogen) atoms. The molecule has 1 aromatic heterocycles. The van der Waals surface area contributed by atoms with Crippen LogP contribution in [0.1, 0.15) is 38.8 Å². The van der Waals surface area contributed by atoms with E-state index in [1.54, 1.807) is 0 Å². The molecule has 3 rings (SSSR count). The average molecular weight is 344 g/mol. The predicted octanol–water partition coefficient (Wildman–Crippen LogP) is 6.29. The molecule has 0 N–H and O–H groups in total. The lowest BCUT2D eigenvalue weighted by molar-refractivity contribution is 0.582. The maximum absolute atomic E-state index is 5.91. The van der Waals surface area contributed by atoms with Crippen LogP contribution < -0.4 is 0 Å². The van der Waals surface area contributed by atoms with Gasteiger partial charge in [0, 0.05) is 11.1 Å². The van der Waals surface area contributed by atoms with Gasteiger partial charge in [-0.2, -0.15) is 0 Å². The minimum Gasteiger partial charge on any atom is -0.416 e. The van der Waals surface area contributed by atoms with Crippen LogP contribution in [-0.2, 0) is 5.41 Å². The lowest BCUT2D eigenvalue weighted by Gasteiger charge is -2.18. The van der Waals surface area contributed by atoms with Crippen LogP contribution in [0, 0.1) is 0 Å². The van der Waals surface area contributed by atoms with Crippen LogP contribution in [0.5, 0.6) is 0 Å². The first-order valence-electron chi connectivity index (χ1n) is 8.75. The summed E-state index contributed by atoms with van der Waals surface area (Å²) in [6.07, 6.45) is 3.95. The number of hydrogen-bond acceptors (Lipinski definition) is 3. The van der Waals surface area contributed by atoms with Gasteiger partial charge in [-0.3, -0.25) is 0 Å². The Morgan fingerprint density at radius 3 is 2.23 bits per heavy atom. The first kappa shape index (κ1) is 17.9. The predicted molar refractivity (Wildman–Crippen MR) is 108 cm³/mol. The highest BCUT2D eigenvalue weighted by atomic mass is 16.4. The van der Waals surface area contributed by atoms with E-state index in [1.807, 2.05) is 55.5 Å². The Labute approximate surface area is 155 Å². The van der Waals surface area contributed by atoms with E-state index in [4.69, 9.17) is 4.42 Å². The van der Waals surface area contributed by atoms with Gasteiger partial charge in [0.1, 0.15) is 0 Å². The summed E-state index contributed by atoms with van der Waals surface area (Å²) in [5.41, 5.74) is 5.19. The second-order valence-corrected chi connectivity index (χ2v) is 7.35. The van der Waals surface area contributed by atoms with E-state index in [-0.39, 0.29) is 5.41 Å². The molecule has 3 nitrogen and oxygen atoms in total. The van der Waals surface area contributed by atoms with Crippen molar-refractivity contribution in [2.75, 3.05) is 0 Å². The molecule has 0 fully saturated rings. The molecule has 0 radical (unpaired) electrons. The third kappa shape index (κ3) is 3.83. The molecule has 132 valence electrons. The number of nitrogens with zero attached hydrogens (tertiary/aromatic N) is 2. The van der Waals surface area contributed by atoms with E-state index in [1.165, 1.54) is 5.56 Å². The Kier molecular flexibility index (Phi) is 4.90. The summed E-state index contributed by atoms with van der Waals surface area (Å²) in [6.45, 7) is 12.6. The molecule has 1 heterocycles. The number of rotatable bonds is 4. The van der Waals surface area contributed by atoms with Gasteiger partial charge in [-0.25, -0.2) is 0 Å². The third-order valence-corrected chi connectivity index (χ3v) is 4.27. The summed E-state index contributed by atoms with van der Waals surface area (Å²) in [7, 11) is 0. The highest BCUT2D eigenvalue weighted by Gasteiger charge is 2.15. The second-order valence-electron chi connectivity index (χ2n) is 7.35. The normalized spacial score (nSPS) is 11.8. The van der Waals surface area contributed by atoms with Crippen LogP contribution in [0.15, 0.2) is 71.7 Å². The van der Waals surface area contributed by atoms with Gasteiger partial charge in [-0.15, -0.1) is 10.2 Å². The van der Waals surface area contributed by atoms with E-state index in [9.17, 15) is 0 Å². The average Bonchev–Trinajstić information content (AvgIpc) is 3.12. The number of benzene rings is 2. The fourth-order valence-corrected chi connectivity index (χ4v) is 2.72. The zero-order chi connectivity index (χ0) is 18.7. The molecular formula is C23H24N2O. The fourth-order valence-electron chi connectivity index (χ4n) is 2.72. The zero-order valence-corrected chi connectivity index (χ0v) is 15.8. The van der Waals surface area contributed by atoms with Gasteiger partial charge in [0.25, 0.3) is 0 Å². The van der Waals surface area contributed by atoms with Gasteiger partial charge >= 0.3 is 0 Å². The minimum absolute atomic E-state index is 0.119. The maximum atomic E-state index is 5.91. The standard InChI is InChI=1S/C23H24N2O/c1-6-8-16(2)18-9-7-10-19(15-18)22-25-24-21(26-22)17-11-13-20(14-12-17)23(3,4)5/h6-15H,2H2,1,3-5H3/b8-6-. The zero-order valence-electron chi connectivity index (χ0n) is 15.8. The van der Waals surface area contributed by atoms with Crippen LogP contribution in [-0.4, -0.2) is 10.2 Å². The van der Waals surface area contributed by atoms with Crippen molar-refractivity contribution in [1.29, 1.82) is 0 Å². The van der Waals surface area contributed by atoms with Crippen molar-refractivity contribution in [3.05, 3.63) is 78.4 Å². The molecule has 0 atom stereocenters. The van der Waals surface area contributed by atoms with Crippen LogP contribution in [0.25, 0.3) is 28.5 Å². The van der Waals surface area contributed by atoms with Gasteiger partial charge in [-0.05, 0) is 53.3 Å². The smallest absolute Gasteiger partial charge is 0.248 e. The molecule has 0 saturated heterocycles. The van der Waals surface area contributed by atoms with Gasteiger partial charge in [0.15, 0.2) is 0 Å². The molecule has 3 aromatic rings. The lowest BCUT2D eigenvalue weighted by atomic mass is 9.87. The van der Waals surface area contributed by atoms with E-state index < -0.39 is 0 Å². The molecule has 0 saturated carbocycles. The van der Waals surface area contributed by atoms with Crippen LogP contribution in [0.3, 0.4) is 0 Å². The van der Waals surface area contributed by atoms with Crippen molar-refractivity contribution in [3.63, 3.8) is 0 Å². The molecule has 2 aromatic carbocycles. The third-order valence-electron chi connectivity index (χ3n) is 4.27. The minimum atomic E-state index is 0.119. The summed E-state index contributed by atoms with van der Waals surface area (Å²) >= 11 is 0. The van der Waals surface area contributed by atoms with Crippen molar-refractivity contribution in [1.82, 2.24) is 10.2 Å². The molecule has 0 amide bonds. The van der Waals surface area contributed by atoms with E-state index in [0.717, 1.165) is 22.3 Å². The topological polar surface area (TPSA) is 38.9 Å². The Morgan fingerprint density at radius 1 is 0.962 bits per heavy atom. The van der Waals surface area contributed by atoms with E-state index >= 15 is 0 Å². The van der Waals surface area contributed by atoms with Gasteiger partial charge in [0.2, 0.25) is 11.8 Å². The summed E-state index contributed by atoms with van der Waals surface area (Å²) in [5.74, 6) is 1.04. The molecule has 0 aliphatic heterocycles. The number of aromatic nitrogens is 2. The first-order valence-corrected chi connectivity index (χ1v) is 8.75. The first-order chi connectivity index (χ1) is 12.4. The Balaban J connectivity index is 1.88. The largest absolute Gasteiger partial charge is 0.416 e. The van der Waals surface area contributed by atoms with Crippen LogP contribution in [0.2, 0.25) is 0 Å². The summed E-state index contributed by atoms with van der Waals surface area (Å²) in [4.78, 5) is 0. The van der Waals surface area contributed by atoms with E-state index in [0.29, 0.717) is 11.8 Å². The molecule has 0 unspecified atom stereocenters.